The predicted molar refractivity (Wildman–Crippen MR) is 198 cm³/mol. The van der Waals surface area contributed by atoms with Crippen molar-refractivity contribution in [3.63, 3.8) is 0 Å². The molecule has 0 aromatic carbocycles. The monoisotopic (exact) mass is 513 g/mol. The van der Waals surface area contributed by atoms with E-state index >= 15 is 0 Å². The van der Waals surface area contributed by atoms with Gasteiger partial charge in [-0.25, -0.2) is 0 Å². The van der Waals surface area contributed by atoms with Gasteiger partial charge in [-0.2, -0.15) is 0 Å². The Kier molecular flexibility index (Phi) is 20.4. The van der Waals surface area contributed by atoms with Gasteiger partial charge in [0.05, 0.1) is 0 Å². The van der Waals surface area contributed by atoms with Crippen LogP contribution in [-0.4, -0.2) is 95.3 Å². The molecular formula is C22H49B12O3S-. The molecule has 0 aliphatic carbocycles. The minimum atomic E-state index is -0.349. The molecule has 1 aromatic rings. The normalized spacial score (nSPS) is 11.6. The Morgan fingerprint density at radius 2 is 1.37 bits per heavy atom. The van der Waals surface area contributed by atoms with E-state index < -0.39 is 0 Å². The second kappa shape index (κ2) is 21.6. The second-order valence-corrected chi connectivity index (χ2v) is 14.4. The maximum absolute atomic E-state index is 12.0. The number of hydrogen-bond donors (Lipinski definition) is 1. The van der Waals surface area contributed by atoms with Crippen LogP contribution in [0.2, 0.25) is 0 Å². The van der Waals surface area contributed by atoms with Gasteiger partial charge >= 0.3 is 214 Å². The van der Waals surface area contributed by atoms with Gasteiger partial charge in [0, 0.05) is 0 Å². The second-order valence-electron chi connectivity index (χ2n) is 12.3. The number of hydrogen-bond acceptors (Lipinski definition) is 3. The molecule has 0 aliphatic heterocycles. The van der Waals surface area contributed by atoms with Crippen LogP contribution >= 0.6 is 10.3 Å². The molecule has 1 N–H and O–H groups in total. The van der Waals surface area contributed by atoms with E-state index in [1.54, 1.807) is 0 Å². The topological polar surface area (TPSA) is 50.4 Å². The zero-order valence-electron chi connectivity index (χ0n) is 25.8. The summed E-state index contributed by atoms with van der Waals surface area (Å²) in [6.45, 7) is 2.28. The van der Waals surface area contributed by atoms with Crippen LogP contribution in [0.4, 0.5) is 0 Å². The van der Waals surface area contributed by atoms with Crippen LogP contribution in [0, 0.1) is 0 Å². The molecule has 0 amide bonds. The number of rotatable bonds is 22. The van der Waals surface area contributed by atoms with Crippen LogP contribution in [0.25, 0.3) is 0 Å². The molecule has 0 saturated heterocycles. The molecular weight excluding hydrogens is 464 g/mol. The summed E-state index contributed by atoms with van der Waals surface area (Å²) in [5.41, 5.74) is -0.349. The molecule has 1 heterocycles. The standard InChI is InChI=1S/C22H49B12O3S/c1-2-3-4-5-6-7-8-9-10-11-12-13-14-15-16-38(19-20-17-21(35)22(36)18-37-20)29-33(30(23)24)34(31(25)26)32(27)28/h17-18,25,36H,2-16,19,23-24,26-28H2,1H3/q-1/i23-1,24-1,25-1,26-1,27-1,28-1,29-1,30-1,31-1,32-1,33-1,34-1. The van der Waals surface area contributed by atoms with Gasteiger partial charge in [0.15, 0.2) is 0 Å². The first-order valence-electron chi connectivity index (χ1n) is 15.8. The third kappa shape index (κ3) is 15.6. The van der Waals surface area contributed by atoms with Crippen molar-refractivity contribution in [1.82, 2.24) is 0 Å². The van der Waals surface area contributed by atoms with Crippen molar-refractivity contribution in [1.29, 1.82) is 0 Å². The minimum absolute atomic E-state index is 0.0222. The van der Waals surface area contributed by atoms with Crippen molar-refractivity contribution in [3.05, 3.63) is 28.3 Å². The van der Waals surface area contributed by atoms with Gasteiger partial charge in [0.25, 0.3) is 0 Å². The Bertz CT molecular complexity index is 832. The summed E-state index contributed by atoms with van der Waals surface area (Å²) in [6, 6.07) is 4.06. The van der Waals surface area contributed by atoms with Crippen molar-refractivity contribution in [2.75, 3.05) is 5.75 Å². The molecule has 0 bridgehead atoms. The van der Waals surface area contributed by atoms with Crippen LogP contribution in [-0.2, 0) is 5.75 Å². The Hall–Kier alpha value is -0.121. The van der Waals surface area contributed by atoms with Crippen molar-refractivity contribution in [2.24, 2.45) is 0 Å². The molecule has 198 valence electrons. The molecule has 1 rings (SSSR count). The van der Waals surface area contributed by atoms with Crippen molar-refractivity contribution >= 4 is 94.7 Å². The summed E-state index contributed by atoms with van der Waals surface area (Å²) >= 11 is 0. The maximum atomic E-state index is 12.0. The van der Waals surface area contributed by atoms with Crippen molar-refractivity contribution in [3.8, 4) is 5.75 Å². The summed E-state index contributed by atoms with van der Waals surface area (Å²) in [6.07, 6.45) is 22.9. The zero-order chi connectivity index (χ0) is 28.3. The number of aromatic hydroxyl groups is 1. The summed E-state index contributed by atoms with van der Waals surface area (Å²) < 4.78 is 5.62. The van der Waals surface area contributed by atoms with E-state index in [-0.39, 0.29) is 21.5 Å². The molecule has 0 saturated carbocycles. The zero-order valence-corrected chi connectivity index (χ0v) is 26.6. The van der Waals surface area contributed by atoms with Crippen molar-refractivity contribution in [2.45, 2.75) is 103 Å². The van der Waals surface area contributed by atoms with Gasteiger partial charge in [0.1, 0.15) is 0 Å². The molecule has 1 aromatic heterocycles. The first-order valence-corrected chi connectivity index (χ1v) is 17.4. The van der Waals surface area contributed by atoms with Gasteiger partial charge in [0.2, 0.25) is 0 Å². The first-order chi connectivity index (χ1) is 18.2. The number of unbranched alkanes of at least 4 members (excludes halogenated alkanes) is 13. The molecule has 1 atom stereocenters. The third-order valence-corrected chi connectivity index (χ3v) is 10.1. The van der Waals surface area contributed by atoms with Crippen LogP contribution in [0.3, 0.4) is 0 Å². The van der Waals surface area contributed by atoms with Crippen molar-refractivity contribution < 1.29 is 9.52 Å². The van der Waals surface area contributed by atoms with Crippen LogP contribution in [0.5, 0.6) is 5.75 Å². The fourth-order valence-corrected chi connectivity index (χ4v) is 8.18. The van der Waals surface area contributed by atoms with E-state index in [0.29, 0.717) is 37.7 Å². The van der Waals surface area contributed by atoms with E-state index in [4.69, 9.17) is 4.42 Å². The molecule has 2 radical (unpaired) electrons. The molecule has 1 unspecified atom stereocenters. The average Bonchev–Trinajstić information content (AvgIpc) is 2.85. The molecule has 0 fully saturated rings. The SMILES string of the molecule is [10BH-][10B]([10BH2])[10B]([10B]([10BH2])[10BH2])[10B]([10B]=S(CCCCCCCCCCCCCCCC)Cc1cc(=O)c(O)co1)[10B]([10BH2])[10BH2]. The van der Waals surface area contributed by atoms with E-state index in [9.17, 15) is 9.90 Å². The van der Waals surface area contributed by atoms with Gasteiger partial charge in [-0.15, -0.1) is 0 Å². The predicted octanol–water partition coefficient (Wildman–Crippen LogP) is -0.454. The summed E-state index contributed by atoms with van der Waals surface area (Å²) in [4.78, 5) is 12.0. The van der Waals surface area contributed by atoms with E-state index in [0.717, 1.165) is 11.5 Å². The quantitative estimate of drug-likeness (QED) is 0.169. The van der Waals surface area contributed by atoms with Crippen LogP contribution in [0.1, 0.15) is 103 Å². The summed E-state index contributed by atoms with van der Waals surface area (Å²) in [5.74, 6) is 2.26. The fourth-order valence-electron chi connectivity index (χ4n) is 5.77. The van der Waals surface area contributed by atoms with E-state index in [2.05, 4.69) is 59.4 Å². The molecule has 3 nitrogen and oxygen atoms in total. The fraction of sp³-hybridized carbons (Fsp3) is 0.773. The van der Waals surface area contributed by atoms with Gasteiger partial charge in [-0.3, -0.25) is 0 Å². The van der Waals surface area contributed by atoms with Gasteiger partial charge < -0.3 is 0 Å². The van der Waals surface area contributed by atoms with Gasteiger partial charge in [-0.05, 0) is 0 Å². The molecule has 0 aliphatic rings. The van der Waals surface area contributed by atoms with Crippen LogP contribution in [0.15, 0.2) is 21.5 Å². The Balaban J connectivity index is 2.60. The van der Waals surface area contributed by atoms with E-state index in [1.807, 2.05) is 0 Å². The average molecular weight is 514 g/mol. The van der Waals surface area contributed by atoms with Gasteiger partial charge in [-0.1, -0.05) is 32.6 Å². The van der Waals surface area contributed by atoms with E-state index in [1.165, 1.54) is 102 Å². The Morgan fingerprint density at radius 1 is 0.868 bits per heavy atom. The third-order valence-electron chi connectivity index (χ3n) is 7.94. The summed E-state index contributed by atoms with van der Waals surface area (Å²) in [7, 11) is 16.0. The molecule has 0 spiro atoms. The Morgan fingerprint density at radius 3 is 1.79 bits per heavy atom. The first kappa shape index (κ1) is 35.9. The van der Waals surface area contributed by atoms with Crippen LogP contribution < -0.4 is 5.43 Å². The Labute approximate surface area is 245 Å². The molecule has 38 heavy (non-hydrogen) atoms. The molecule has 16 heteroatoms. The summed E-state index contributed by atoms with van der Waals surface area (Å²) in [5, 5.41) is 9.62.